The second kappa shape index (κ2) is 35.6. The average molecular weight is 1520 g/mol. The molecular formula is C65H68Cl2F6N12O20. The van der Waals surface area contributed by atoms with E-state index in [1.165, 1.54) is 52.2 Å². The topological polar surface area (TPSA) is 391 Å². The van der Waals surface area contributed by atoms with E-state index in [1.54, 1.807) is 66.1 Å². The van der Waals surface area contributed by atoms with Crippen molar-refractivity contribution < 1.29 is 81.0 Å². The first-order valence-corrected chi connectivity index (χ1v) is 32.7. The van der Waals surface area contributed by atoms with Crippen LogP contribution in [0.25, 0.3) is 45.1 Å². The fraction of sp³-hybridized carbons (Fsp3) is 0.385. The van der Waals surface area contributed by atoms with Crippen LogP contribution in [0.5, 0.6) is 0 Å². The lowest BCUT2D eigenvalue weighted by molar-refractivity contribution is -0.138. The molecule has 10 heterocycles. The summed E-state index contributed by atoms with van der Waals surface area (Å²) in [6.45, 7) is 14.6. The van der Waals surface area contributed by atoms with Gasteiger partial charge in [0.2, 0.25) is 0 Å². The Kier molecular flexibility index (Phi) is 27.1. The Labute approximate surface area is 595 Å². The maximum absolute atomic E-state index is 13.6. The Morgan fingerprint density at radius 1 is 0.514 bits per heavy atom. The quantitative estimate of drug-likeness (QED) is 0.0444. The van der Waals surface area contributed by atoms with Crippen molar-refractivity contribution in [3.05, 3.63) is 226 Å². The Hall–Kier alpha value is -10.8. The maximum atomic E-state index is 13.6. The van der Waals surface area contributed by atoms with Gasteiger partial charge in [-0.1, -0.05) is 61.3 Å². The Balaban J connectivity index is 0.000000191. The summed E-state index contributed by atoms with van der Waals surface area (Å²) in [5.41, 5.74) is -0.822. The molecule has 2 N–H and O–H groups in total. The number of H-pyrrole nitrogens is 1. The van der Waals surface area contributed by atoms with E-state index in [0.29, 0.717) is 82.8 Å². The maximum Gasteiger partial charge on any atom is 0.519 e. The Bertz CT molecular complexity index is 5370. The van der Waals surface area contributed by atoms with Crippen molar-refractivity contribution in [3.63, 3.8) is 0 Å². The van der Waals surface area contributed by atoms with Gasteiger partial charge in [0.05, 0.1) is 47.7 Å². The van der Waals surface area contributed by atoms with E-state index in [4.69, 9.17) is 51.4 Å². The van der Waals surface area contributed by atoms with E-state index < -0.39 is 69.3 Å². The van der Waals surface area contributed by atoms with Gasteiger partial charge in [0.25, 0.3) is 11.1 Å². The van der Waals surface area contributed by atoms with Gasteiger partial charge in [0.1, 0.15) is 85.5 Å². The van der Waals surface area contributed by atoms with Crippen LogP contribution in [0.3, 0.4) is 0 Å². The zero-order valence-electron chi connectivity index (χ0n) is 57.2. The van der Waals surface area contributed by atoms with Gasteiger partial charge in [0.15, 0.2) is 39.9 Å². The third-order valence-electron chi connectivity index (χ3n) is 15.1. The van der Waals surface area contributed by atoms with Crippen molar-refractivity contribution >= 4 is 45.5 Å². The molecule has 0 saturated carbocycles. The van der Waals surface area contributed by atoms with Gasteiger partial charge in [0, 0.05) is 38.6 Å². The normalized spacial score (nSPS) is 11.5. The fourth-order valence-electron chi connectivity index (χ4n) is 10.1. The molecule has 10 aromatic heterocycles. The molecule has 0 aliphatic heterocycles. The molecule has 0 unspecified atom stereocenters. The Morgan fingerprint density at radius 3 is 1.33 bits per heavy atom. The van der Waals surface area contributed by atoms with Crippen molar-refractivity contribution in [2.75, 3.05) is 12.1 Å². The molecule has 12 rings (SSSR count). The number of aliphatic hydroxyl groups is 1. The summed E-state index contributed by atoms with van der Waals surface area (Å²) in [5, 5.41) is 16.9. The number of hydrogen-bond acceptors (Lipinski definition) is 24. The standard InChI is InChI=1S/C27H27F3N6O6.C21H21F3N6O2.2C6H7ClO4.C5H6O4/c1-4-9-35-24(37)21-23(34(5-2)25(35)38)32-22(36(21)15-40-14-20-16(3)41-26(39)42-20)18-11-31-33(13-18)12-17-7-6-8-19(10-17)27(28,29)30;1-3-8-30-19(31)16-18(29(4-2)20(30)32)27-17(26-16)14-10-25-28(12-14)11-13-6-5-7-15(9-13)21(22,23)24;2*1-4-5(2-9-3-7)11-6(8)10-4;1-3-4(2-6)9-5(7)8-3/h6-8,10-11,13H,4-5,9,12,14-15H2,1-3H3;5-7,9-10,12H,3-4,8,11H2,1-2H3,(H,26,27);2*2-3H2,1H3;6H,2H2,1H3. The fourth-order valence-corrected chi connectivity index (χ4v) is 10.2. The average Bonchev–Trinajstić information content (AvgIpc) is 1.61. The van der Waals surface area contributed by atoms with Crippen LogP contribution in [0, 0.1) is 27.7 Å². The number of alkyl halides is 8. The third kappa shape index (κ3) is 19.9. The summed E-state index contributed by atoms with van der Waals surface area (Å²) in [7, 11) is 0. The van der Waals surface area contributed by atoms with Crippen LogP contribution in [-0.2, 0) is 99.0 Å². The number of hydrogen-bond donors (Lipinski definition) is 2. The van der Waals surface area contributed by atoms with Gasteiger partial charge >= 0.3 is 47.0 Å². The molecule has 0 aliphatic rings. The lowest BCUT2D eigenvalue weighted by atomic mass is 10.1. The van der Waals surface area contributed by atoms with Crippen molar-refractivity contribution in [1.82, 2.24) is 57.3 Å². The summed E-state index contributed by atoms with van der Waals surface area (Å²) in [6.07, 6.45) is -1.55. The van der Waals surface area contributed by atoms with E-state index in [9.17, 15) is 64.7 Å². The largest absolute Gasteiger partial charge is 0.519 e. The van der Waals surface area contributed by atoms with Crippen LogP contribution in [0.15, 0.2) is 147 Å². The van der Waals surface area contributed by atoms with Gasteiger partial charge in [-0.25, -0.2) is 38.7 Å². The molecule has 40 heteroatoms. The molecule has 0 spiro atoms. The van der Waals surface area contributed by atoms with Gasteiger partial charge in [-0.05, 0) is 89.8 Å². The molecule has 0 atom stereocenters. The molecule has 0 bridgehead atoms. The highest BCUT2D eigenvalue weighted by molar-refractivity contribution is 6.17. The molecule has 0 fully saturated rings. The second-order valence-corrected chi connectivity index (χ2v) is 22.8. The molecule has 0 saturated heterocycles. The molecule has 12 aromatic rings. The van der Waals surface area contributed by atoms with Crippen LogP contribution < -0.4 is 45.8 Å². The van der Waals surface area contributed by atoms with E-state index >= 15 is 0 Å². The van der Waals surface area contributed by atoms with Gasteiger partial charge in [-0.3, -0.25) is 41.8 Å². The highest BCUT2D eigenvalue weighted by Gasteiger charge is 2.32. The van der Waals surface area contributed by atoms with E-state index in [-0.39, 0.29) is 117 Å². The van der Waals surface area contributed by atoms with Gasteiger partial charge in [-0.2, -0.15) is 36.5 Å². The van der Waals surface area contributed by atoms with Crippen molar-refractivity contribution in [2.24, 2.45) is 0 Å². The minimum atomic E-state index is -4.48. The molecule has 2 aromatic carbocycles. The molecular weight excluding hydrogens is 1450 g/mol. The van der Waals surface area contributed by atoms with E-state index in [0.717, 1.165) is 28.8 Å². The number of aromatic amines is 1. The smallest absolute Gasteiger partial charge is 0.396 e. The number of benzene rings is 2. The van der Waals surface area contributed by atoms with Crippen LogP contribution in [0.4, 0.5) is 26.3 Å². The number of rotatable bonds is 23. The zero-order chi connectivity index (χ0) is 76.6. The molecule has 0 aliphatic carbocycles. The predicted octanol–water partition coefficient (Wildman–Crippen LogP) is 9.54. The van der Waals surface area contributed by atoms with E-state index in [1.807, 2.05) is 13.8 Å². The monoisotopic (exact) mass is 1520 g/mol. The third-order valence-corrected chi connectivity index (χ3v) is 15.4. The lowest BCUT2D eigenvalue weighted by Gasteiger charge is -2.11. The van der Waals surface area contributed by atoms with E-state index in [2.05, 4.69) is 51.7 Å². The number of halogens is 8. The number of fused-ring (bicyclic) bond motifs is 2. The molecule has 105 heavy (non-hydrogen) atoms. The number of aryl methyl sites for hydroxylation is 6. The lowest BCUT2D eigenvalue weighted by Crippen LogP contribution is -2.40. The molecule has 564 valence electrons. The van der Waals surface area contributed by atoms with Crippen molar-refractivity contribution in [3.8, 4) is 22.8 Å². The van der Waals surface area contributed by atoms with Crippen LogP contribution >= 0.6 is 23.2 Å². The first-order chi connectivity index (χ1) is 49.9. The number of nitrogens with one attached hydrogen (secondary N) is 1. The minimum Gasteiger partial charge on any atom is -0.396 e. The Morgan fingerprint density at radius 2 is 0.933 bits per heavy atom. The number of nitrogens with zero attached hydrogens (tertiary/aromatic N) is 11. The summed E-state index contributed by atoms with van der Waals surface area (Å²) in [5.74, 6) is 0.117. The molecule has 0 radical (unpaired) electrons. The first kappa shape index (κ1) is 79.9. The zero-order valence-corrected chi connectivity index (χ0v) is 58.7. The highest BCUT2D eigenvalue weighted by Crippen LogP contribution is 2.32. The van der Waals surface area contributed by atoms with Crippen LogP contribution in [-0.4, -0.2) is 74.6 Å². The van der Waals surface area contributed by atoms with Crippen molar-refractivity contribution in [2.45, 2.75) is 153 Å². The predicted molar refractivity (Wildman–Crippen MR) is 358 cm³/mol. The minimum absolute atomic E-state index is 0.0441. The first-order valence-electron chi connectivity index (χ1n) is 31.6. The van der Waals surface area contributed by atoms with Gasteiger partial charge in [-0.15, -0.1) is 0 Å². The second-order valence-electron chi connectivity index (χ2n) is 22.3. The number of aromatic nitrogens is 12. The number of imidazole rings is 2. The number of aliphatic hydroxyl groups excluding tert-OH is 1. The summed E-state index contributed by atoms with van der Waals surface area (Å²) in [4.78, 5) is 107. The van der Waals surface area contributed by atoms with Crippen LogP contribution in [0.2, 0.25) is 0 Å². The van der Waals surface area contributed by atoms with Crippen LogP contribution in [0.1, 0.15) is 109 Å². The highest BCUT2D eigenvalue weighted by atomic mass is 35.5. The van der Waals surface area contributed by atoms with Crippen molar-refractivity contribution in [1.29, 1.82) is 0 Å². The van der Waals surface area contributed by atoms with Gasteiger partial charge < -0.3 is 59.6 Å². The summed E-state index contributed by atoms with van der Waals surface area (Å²) >= 11 is 10.5. The molecule has 32 nitrogen and oxygen atoms in total. The summed E-state index contributed by atoms with van der Waals surface area (Å²) < 4.78 is 140. The SMILES string of the molecule is CCCn1c(=O)c2[nH]c(-c3cnn(Cc4cccc(C(F)(F)F)c4)c3)nc2n(CC)c1=O.CCCn1c(=O)c2c(nc(-c3cnn(Cc4cccc(C(F)(F)F)c4)c3)n2COCc2oc(=O)oc2C)n(CC)c1=O.Cc1oc(=O)oc1CO.Cc1oc(=O)oc1COCCl.Cc1oc(=O)oc1COCCl. The molecule has 0 amide bonds. The number of ether oxygens (including phenoxy) is 3. The summed E-state index contributed by atoms with van der Waals surface area (Å²) in [6, 6.07) is 10.1.